The molecule has 18 heavy (non-hydrogen) atoms. The van der Waals surface area contributed by atoms with Crippen LogP contribution in [0.2, 0.25) is 0 Å². The van der Waals surface area contributed by atoms with Gasteiger partial charge in [-0.3, -0.25) is 4.79 Å². The molecule has 0 spiro atoms. The van der Waals surface area contributed by atoms with Gasteiger partial charge in [0.15, 0.2) is 5.78 Å². The fourth-order valence-electron chi connectivity index (χ4n) is 1.86. The number of carbonyl (C=O) groups excluding carboxylic acids is 1. The van der Waals surface area contributed by atoms with Gasteiger partial charge in [-0.15, -0.1) is 0 Å². The molecule has 0 aromatic heterocycles. The monoisotopic (exact) mass is 303 g/mol. The van der Waals surface area contributed by atoms with Gasteiger partial charge >= 0.3 is 0 Å². The summed E-state index contributed by atoms with van der Waals surface area (Å²) in [6.45, 7) is 2.01. The van der Waals surface area contributed by atoms with Gasteiger partial charge in [0, 0.05) is 22.1 Å². The molecule has 2 nitrogen and oxygen atoms in total. The first-order valence-electron chi connectivity index (χ1n) is 5.70. The quantitative estimate of drug-likeness (QED) is 0.693. The van der Waals surface area contributed by atoms with Gasteiger partial charge in [-0.1, -0.05) is 40.2 Å². The highest BCUT2D eigenvalue weighted by atomic mass is 79.9. The molecule has 0 saturated carbocycles. The van der Waals surface area contributed by atoms with E-state index < -0.39 is 0 Å². The number of hydrogen-bond donors (Lipinski definition) is 1. The number of rotatable bonds is 3. The number of nitrogen functional groups attached to an aromatic ring is 1. The fourth-order valence-corrected chi connectivity index (χ4v) is 2.37. The zero-order valence-electron chi connectivity index (χ0n) is 10.1. The summed E-state index contributed by atoms with van der Waals surface area (Å²) in [5, 5.41) is 0. The number of carbonyl (C=O) groups is 1. The molecule has 0 amide bonds. The van der Waals surface area contributed by atoms with E-state index in [9.17, 15) is 4.79 Å². The molecule has 0 radical (unpaired) electrons. The van der Waals surface area contributed by atoms with Crippen LogP contribution >= 0.6 is 15.9 Å². The molecule has 0 bridgehead atoms. The van der Waals surface area contributed by atoms with E-state index in [1.807, 2.05) is 31.2 Å². The van der Waals surface area contributed by atoms with E-state index in [-0.39, 0.29) is 5.78 Å². The van der Waals surface area contributed by atoms with E-state index in [1.165, 1.54) is 0 Å². The molecule has 0 unspecified atom stereocenters. The minimum Gasteiger partial charge on any atom is -0.399 e. The molecule has 0 aliphatic heterocycles. The molecule has 2 rings (SSSR count). The van der Waals surface area contributed by atoms with Gasteiger partial charge in [0.2, 0.25) is 0 Å². The van der Waals surface area contributed by atoms with Gasteiger partial charge in [-0.2, -0.15) is 0 Å². The SMILES string of the molecule is Cc1ccccc1CC(=O)c1cc(N)cc(Br)c1. The third-order valence-electron chi connectivity index (χ3n) is 2.85. The second kappa shape index (κ2) is 5.36. The van der Waals surface area contributed by atoms with Crippen LogP contribution in [-0.4, -0.2) is 5.78 Å². The topological polar surface area (TPSA) is 43.1 Å². The highest BCUT2D eigenvalue weighted by Gasteiger charge is 2.09. The van der Waals surface area contributed by atoms with Crippen molar-refractivity contribution < 1.29 is 4.79 Å². The van der Waals surface area contributed by atoms with E-state index in [0.29, 0.717) is 17.7 Å². The lowest BCUT2D eigenvalue weighted by Crippen LogP contribution is -2.05. The van der Waals surface area contributed by atoms with Gasteiger partial charge in [-0.25, -0.2) is 0 Å². The Labute approximate surface area is 115 Å². The summed E-state index contributed by atoms with van der Waals surface area (Å²) in [5.41, 5.74) is 9.17. The summed E-state index contributed by atoms with van der Waals surface area (Å²) in [6, 6.07) is 13.2. The lowest BCUT2D eigenvalue weighted by molar-refractivity contribution is 0.0992. The molecule has 0 fully saturated rings. The number of ketones is 1. The van der Waals surface area contributed by atoms with E-state index >= 15 is 0 Å². The molecule has 0 saturated heterocycles. The lowest BCUT2D eigenvalue weighted by Gasteiger charge is -2.06. The first kappa shape index (κ1) is 12.8. The van der Waals surface area contributed by atoms with Crippen molar-refractivity contribution in [3.63, 3.8) is 0 Å². The molecule has 92 valence electrons. The van der Waals surface area contributed by atoms with E-state index in [4.69, 9.17) is 5.73 Å². The van der Waals surface area contributed by atoms with Crippen molar-refractivity contribution in [1.29, 1.82) is 0 Å². The lowest BCUT2D eigenvalue weighted by atomic mass is 9.99. The Bertz CT molecular complexity index is 573. The zero-order valence-corrected chi connectivity index (χ0v) is 11.7. The largest absolute Gasteiger partial charge is 0.399 e. The molecule has 0 aliphatic rings. The smallest absolute Gasteiger partial charge is 0.167 e. The predicted molar refractivity (Wildman–Crippen MR) is 77.8 cm³/mol. The highest BCUT2D eigenvalue weighted by Crippen LogP contribution is 2.19. The van der Waals surface area contributed by atoms with E-state index in [0.717, 1.165) is 15.6 Å². The summed E-state index contributed by atoms with van der Waals surface area (Å²) in [5.74, 6) is 0.0808. The maximum absolute atomic E-state index is 12.2. The van der Waals surface area contributed by atoms with Crippen molar-refractivity contribution in [1.82, 2.24) is 0 Å². The molecule has 0 heterocycles. The number of aryl methyl sites for hydroxylation is 1. The molecular formula is C15H14BrNO. The number of benzene rings is 2. The van der Waals surface area contributed by atoms with Crippen LogP contribution in [0.15, 0.2) is 46.9 Å². The molecular weight excluding hydrogens is 290 g/mol. The van der Waals surface area contributed by atoms with E-state index in [1.54, 1.807) is 18.2 Å². The fraction of sp³-hybridized carbons (Fsp3) is 0.133. The van der Waals surface area contributed by atoms with Crippen molar-refractivity contribution in [2.24, 2.45) is 0 Å². The van der Waals surface area contributed by atoms with Crippen LogP contribution in [0.4, 0.5) is 5.69 Å². The second-order valence-corrected chi connectivity index (χ2v) is 5.22. The Balaban J connectivity index is 2.25. The minimum atomic E-state index is 0.0808. The van der Waals surface area contributed by atoms with Crippen LogP contribution in [0.1, 0.15) is 21.5 Å². The van der Waals surface area contributed by atoms with Crippen LogP contribution in [0.5, 0.6) is 0 Å². The summed E-state index contributed by atoms with van der Waals surface area (Å²) in [7, 11) is 0. The van der Waals surface area contributed by atoms with Crippen LogP contribution in [0.25, 0.3) is 0 Å². The van der Waals surface area contributed by atoms with Crippen molar-refractivity contribution in [2.45, 2.75) is 13.3 Å². The molecule has 3 heteroatoms. The van der Waals surface area contributed by atoms with Gasteiger partial charge in [-0.05, 0) is 36.2 Å². The van der Waals surface area contributed by atoms with Gasteiger partial charge in [0.05, 0.1) is 0 Å². The normalized spacial score (nSPS) is 10.3. The van der Waals surface area contributed by atoms with Gasteiger partial charge in [0.1, 0.15) is 0 Å². The Morgan fingerprint density at radius 1 is 1.22 bits per heavy atom. The van der Waals surface area contributed by atoms with E-state index in [2.05, 4.69) is 15.9 Å². The van der Waals surface area contributed by atoms with Crippen LogP contribution in [-0.2, 0) is 6.42 Å². The number of halogens is 1. The summed E-state index contributed by atoms with van der Waals surface area (Å²) in [4.78, 5) is 12.2. The summed E-state index contributed by atoms with van der Waals surface area (Å²) >= 11 is 3.35. The number of anilines is 1. The predicted octanol–water partition coefficient (Wildman–Crippen LogP) is 3.77. The second-order valence-electron chi connectivity index (χ2n) is 4.30. The average molecular weight is 304 g/mol. The maximum atomic E-state index is 12.2. The van der Waals surface area contributed by atoms with Gasteiger partial charge in [0.25, 0.3) is 0 Å². The number of Topliss-reactive ketones (excluding diaryl/α,β-unsaturated/α-hetero) is 1. The van der Waals surface area contributed by atoms with Crippen molar-refractivity contribution in [2.75, 3.05) is 5.73 Å². The summed E-state index contributed by atoms with van der Waals surface area (Å²) < 4.78 is 0.829. The Morgan fingerprint density at radius 2 is 1.94 bits per heavy atom. The standard InChI is InChI=1S/C15H14BrNO/c1-10-4-2-3-5-11(10)8-15(18)12-6-13(16)9-14(17)7-12/h2-7,9H,8,17H2,1H3. The number of nitrogens with two attached hydrogens (primary N) is 1. The first-order chi connectivity index (χ1) is 8.56. The van der Waals surface area contributed by atoms with Crippen LogP contribution in [0.3, 0.4) is 0 Å². The van der Waals surface area contributed by atoms with Crippen molar-refractivity contribution in [3.05, 3.63) is 63.6 Å². The van der Waals surface area contributed by atoms with Crippen molar-refractivity contribution in [3.8, 4) is 0 Å². The molecule has 2 aromatic rings. The molecule has 0 aliphatic carbocycles. The first-order valence-corrected chi connectivity index (χ1v) is 6.49. The summed E-state index contributed by atoms with van der Waals surface area (Å²) in [6.07, 6.45) is 0.405. The molecule has 2 aromatic carbocycles. The van der Waals surface area contributed by atoms with Crippen LogP contribution < -0.4 is 5.73 Å². The minimum absolute atomic E-state index is 0.0808. The number of hydrogen-bond acceptors (Lipinski definition) is 2. The van der Waals surface area contributed by atoms with Crippen LogP contribution in [0, 0.1) is 6.92 Å². The zero-order chi connectivity index (χ0) is 13.1. The molecule has 0 atom stereocenters. The average Bonchev–Trinajstić information content (AvgIpc) is 2.31. The van der Waals surface area contributed by atoms with Crippen molar-refractivity contribution >= 4 is 27.4 Å². The Hall–Kier alpha value is -1.61. The Kier molecular flexibility index (Phi) is 3.82. The maximum Gasteiger partial charge on any atom is 0.167 e. The molecule has 2 N–H and O–H groups in total. The third-order valence-corrected chi connectivity index (χ3v) is 3.31. The highest BCUT2D eigenvalue weighted by molar-refractivity contribution is 9.10. The third kappa shape index (κ3) is 2.99. The van der Waals surface area contributed by atoms with Gasteiger partial charge < -0.3 is 5.73 Å². The Morgan fingerprint density at radius 3 is 2.61 bits per heavy atom.